The molecule has 0 spiro atoms. The average Bonchev–Trinajstić information content (AvgIpc) is 3.95. The van der Waals surface area contributed by atoms with Crippen LogP contribution in [0.4, 0.5) is 23.3 Å². The Morgan fingerprint density at radius 2 is 1.06 bits per heavy atom. The van der Waals surface area contributed by atoms with Gasteiger partial charge < -0.3 is 50.4 Å². The highest BCUT2D eigenvalue weighted by atomic mass is 16.5. The number of carboxylic acid groups (broad SMARTS) is 2. The number of carbonyl (C=O) groups is 2. The van der Waals surface area contributed by atoms with Crippen LogP contribution in [0, 0.1) is 13.8 Å². The zero-order valence-electron chi connectivity index (χ0n) is 34.5. The second kappa shape index (κ2) is 21.7. The lowest BCUT2D eigenvalue weighted by atomic mass is 10.1. The fourth-order valence-corrected chi connectivity index (χ4v) is 6.21. The minimum atomic E-state index is -1.82. The van der Waals surface area contributed by atoms with E-state index >= 15 is 0 Å². The number of methoxy groups -OCH3 is 2. The number of rotatable bonds is 12. The van der Waals surface area contributed by atoms with Gasteiger partial charge in [-0.05, 0) is 76.9 Å². The summed E-state index contributed by atoms with van der Waals surface area (Å²) in [5, 5.41) is 42.3. The van der Waals surface area contributed by atoms with Gasteiger partial charge in [-0.3, -0.25) is 20.2 Å². The van der Waals surface area contributed by atoms with Gasteiger partial charge in [0.2, 0.25) is 23.5 Å². The minimum Gasteiger partial charge on any atom is -0.480 e. The Morgan fingerprint density at radius 1 is 0.629 bits per heavy atom. The molecule has 2 aliphatic heterocycles. The van der Waals surface area contributed by atoms with Crippen molar-refractivity contribution in [1.82, 2.24) is 60.9 Å². The molecule has 326 valence electrons. The smallest absolute Gasteiger partial charge is 0.414 e. The molecule has 22 heteroatoms. The molecule has 22 nitrogen and oxygen atoms in total. The molecule has 0 saturated carbocycles. The molecule has 8 N–H and O–H groups in total. The number of nitrogens with zero attached hydrogens (tertiary/aromatic N) is 8. The van der Waals surface area contributed by atoms with E-state index < -0.39 is 11.9 Å². The SMILES string of the molecule is COc1nc(C)ccc1-c1cc(Nc2cncc(O[C@@H]3CCCNC3)n2)n[nH]1.COc1nc(C)ccc1-c1cc(Nc2cncc(O[C@@H]3CCCNC3)n2)n[nH]1.O=C(O)C(=O)O. The van der Waals surface area contributed by atoms with Crippen LogP contribution in [-0.2, 0) is 9.59 Å². The second-order valence-corrected chi connectivity index (χ2v) is 13.9. The van der Waals surface area contributed by atoms with Crippen LogP contribution in [-0.4, -0.2) is 125 Å². The number of hydrogen-bond donors (Lipinski definition) is 8. The summed E-state index contributed by atoms with van der Waals surface area (Å²) in [6, 6.07) is 11.5. The lowest BCUT2D eigenvalue weighted by Crippen LogP contribution is -2.37. The summed E-state index contributed by atoms with van der Waals surface area (Å²) in [5.74, 6) is 0.800. The maximum absolute atomic E-state index is 9.10. The molecule has 2 fully saturated rings. The Bertz CT molecular complexity index is 2230. The van der Waals surface area contributed by atoms with Crippen LogP contribution in [0.15, 0.2) is 61.2 Å². The number of aryl methyl sites for hydroxylation is 2. The van der Waals surface area contributed by atoms with E-state index in [0.29, 0.717) is 46.8 Å². The van der Waals surface area contributed by atoms with Crippen molar-refractivity contribution in [3.05, 3.63) is 72.6 Å². The number of nitrogens with one attached hydrogen (secondary N) is 6. The van der Waals surface area contributed by atoms with Crippen molar-refractivity contribution < 1.29 is 38.7 Å². The van der Waals surface area contributed by atoms with E-state index in [9.17, 15) is 0 Å². The first kappa shape index (κ1) is 44.1. The highest BCUT2D eigenvalue weighted by Crippen LogP contribution is 2.30. The summed E-state index contributed by atoms with van der Waals surface area (Å²) in [6.07, 6.45) is 11.0. The largest absolute Gasteiger partial charge is 0.480 e. The summed E-state index contributed by atoms with van der Waals surface area (Å²) >= 11 is 0. The summed E-state index contributed by atoms with van der Waals surface area (Å²) in [5.41, 5.74) is 5.03. The van der Waals surface area contributed by atoms with Crippen molar-refractivity contribution in [2.75, 3.05) is 51.0 Å². The number of aromatic amines is 2. The van der Waals surface area contributed by atoms with Gasteiger partial charge >= 0.3 is 11.9 Å². The Balaban J connectivity index is 0.000000183. The molecular formula is C40H48N14O8. The third-order valence-electron chi connectivity index (χ3n) is 9.12. The van der Waals surface area contributed by atoms with Crippen LogP contribution in [0.1, 0.15) is 37.1 Å². The van der Waals surface area contributed by atoms with E-state index in [1.54, 1.807) is 39.0 Å². The zero-order valence-corrected chi connectivity index (χ0v) is 34.5. The number of carboxylic acids is 2. The first-order valence-corrected chi connectivity index (χ1v) is 19.6. The number of pyridine rings is 2. The van der Waals surface area contributed by atoms with Gasteiger partial charge in [-0.25, -0.2) is 19.6 Å². The number of hydrogen-bond acceptors (Lipinski definition) is 18. The van der Waals surface area contributed by atoms with Gasteiger partial charge in [-0.15, -0.1) is 0 Å². The van der Waals surface area contributed by atoms with E-state index in [0.717, 1.165) is 85.8 Å². The van der Waals surface area contributed by atoms with Crippen LogP contribution in [0.3, 0.4) is 0 Å². The topological polar surface area (TPSA) is 294 Å². The monoisotopic (exact) mass is 852 g/mol. The quantitative estimate of drug-likeness (QED) is 0.0805. The van der Waals surface area contributed by atoms with Gasteiger partial charge in [0.05, 0.1) is 61.5 Å². The summed E-state index contributed by atoms with van der Waals surface area (Å²) < 4.78 is 22.6. The van der Waals surface area contributed by atoms with Crippen molar-refractivity contribution in [2.45, 2.75) is 51.7 Å². The number of aromatic nitrogens is 10. The number of ether oxygens (including phenoxy) is 4. The third-order valence-corrected chi connectivity index (χ3v) is 9.12. The standard InChI is InChI=1S/2C19H23N7O2.C2H2O4/c2*1-12-5-6-14(19(22-12)27-2)15-8-16(26-25-15)23-17-10-21-11-18(24-17)28-13-4-3-7-20-9-13;3-1(4)2(5)6/h2*5-6,8,10-11,13,20H,3-4,7,9H2,1-2H3,(H2,23,24,25,26);(H,3,4)(H,5,6)/t2*13-;/m11./s1. The van der Waals surface area contributed by atoms with Gasteiger partial charge in [0, 0.05) is 36.6 Å². The van der Waals surface area contributed by atoms with Crippen LogP contribution in [0.5, 0.6) is 23.5 Å². The lowest BCUT2D eigenvalue weighted by Gasteiger charge is -2.23. The van der Waals surface area contributed by atoms with Crippen molar-refractivity contribution in [1.29, 1.82) is 0 Å². The maximum atomic E-state index is 9.10. The molecule has 0 amide bonds. The van der Waals surface area contributed by atoms with E-state index in [-0.39, 0.29) is 12.2 Å². The number of anilines is 4. The van der Waals surface area contributed by atoms with Crippen molar-refractivity contribution in [3.8, 4) is 46.0 Å². The molecule has 0 unspecified atom stereocenters. The normalized spacial score (nSPS) is 15.7. The molecular weight excluding hydrogens is 805 g/mol. The number of H-pyrrole nitrogens is 2. The van der Waals surface area contributed by atoms with Gasteiger partial charge in [-0.2, -0.15) is 20.2 Å². The lowest BCUT2D eigenvalue weighted by molar-refractivity contribution is -0.159. The van der Waals surface area contributed by atoms with Gasteiger partial charge in [0.25, 0.3) is 0 Å². The summed E-state index contributed by atoms with van der Waals surface area (Å²) in [6.45, 7) is 7.57. The van der Waals surface area contributed by atoms with Gasteiger partial charge in [0.1, 0.15) is 12.2 Å². The number of aliphatic carboxylic acids is 2. The second-order valence-electron chi connectivity index (χ2n) is 13.9. The van der Waals surface area contributed by atoms with E-state index in [4.69, 9.17) is 38.7 Å². The fraction of sp³-hybridized carbons (Fsp3) is 0.350. The van der Waals surface area contributed by atoms with Crippen molar-refractivity contribution in [2.24, 2.45) is 0 Å². The zero-order chi connectivity index (χ0) is 43.8. The summed E-state index contributed by atoms with van der Waals surface area (Å²) in [7, 11) is 3.20. The molecule has 0 aliphatic carbocycles. The summed E-state index contributed by atoms with van der Waals surface area (Å²) in [4.78, 5) is 44.4. The molecule has 2 aliphatic rings. The first-order valence-electron chi connectivity index (χ1n) is 19.6. The third kappa shape index (κ3) is 12.8. The predicted octanol–water partition coefficient (Wildman–Crippen LogP) is 4.06. The van der Waals surface area contributed by atoms with Crippen molar-refractivity contribution in [3.63, 3.8) is 0 Å². The molecule has 0 aromatic carbocycles. The highest BCUT2D eigenvalue weighted by molar-refractivity contribution is 6.27. The van der Waals surface area contributed by atoms with Gasteiger partial charge in [-0.1, -0.05) is 0 Å². The Kier molecular flexibility index (Phi) is 15.4. The highest BCUT2D eigenvalue weighted by Gasteiger charge is 2.18. The van der Waals surface area contributed by atoms with Crippen LogP contribution >= 0.6 is 0 Å². The molecule has 2 atom stereocenters. The molecule has 8 rings (SSSR count). The van der Waals surface area contributed by atoms with E-state index in [1.807, 2.05) is 50.2 Å². The molecule has 2 saturated heterocycles. The molecule has 6 aromatic rings. The molecule has 6 aromatic heterocycles. The number of piperidine rings is 2. The molecule has 0 bridgehead atoms. The first-order chi connectivity index (χ1) is 30.1. The molecule has 0 radical (unpaired) electrons. The van der Waals surface area contributed by atoms with Crippen LogP contribution < -0.4 is 40.2 Å². The molecule has 8 heterocycles. The van der Waals surface area contributed by atoms with E-state index in [1.165, 1.54) is 0 Å². The minimum absolute atomic E-state index is 0.122. The van der Waals surface area contributed by atoms with Gasteiger partial charge in [0.15, 0.2) is 23.3 Å². The Morgan fingerprint density at radius 3 is 1.44 bits per heavy atom. The average molecular weight is 853 g/mol. The van der Waals surface area contributed by atoms with Crippen LogP contribution in [0.2, 0.25) is 0 Å². The Hall–Kier alpha value is -7.46. The Labute approximate surface area is 355 Å². The molecule has 62 heavy (non-hydrogen) atoms. The van der Waals surface area contributed by atoms with Crippen molar-refractivity contribution >= 4 is 35.2 Å². The predicted molar refractivity (Wildman–Crippen MR) is 225 cm³/mol. The fourth-order valence-electron chi connectivity index (χ4n) is 6.21. The van der Waals surface area contributed by atoms with E-state index in [2.05, 4.69) is 71.6 Å². The maximum Gasteiger partial charge on any atom is 0.414 e. The van der Waals surface area contributed by atoms with Crippen LogP contribution in [0.25, 0.3) is 22.5 Å².